The maximum absolute atomic E-state index is 4.16. The summed E-state index contributed by atoms with van der Waals surface area (Å²) in [5, 5.41) is 26.0. The monoisotopic (exact) mass is 840 g/mol. The van der Waals surface area contributed by atoms with E-state index in [1.54, 1.807) is 0 Å². The van der Waals surface area contributed by atoms with Crippen molar-refractivity contribution in [3.8, 4) is 16.8 Å². The number of nitrogens with zero attached hydrogens (tertiary/aromatic N) is 2. The van der Waals surface area contributed by atoms with E-state index in [0.29, 0.717) is 0 Å². The smallest absolute Gasteiger partial charge is 0.129 e. The molecule has 0 bridgehead atoms. The molecule has 12 aromatic carbocycles. The van der Waals surface area contributed by atoms with Gasteiger partial charge in [-0.1, -0.05) is 164 Å². The molecule has 15 rings (SSSR count). The number of para-hydroxylation sites is 2. The molecule has 2 unspecified atom stereocenters. The van der Waals surface area contributed by atoms with E-state index in [9.17, 15) is 0 Å². The van der Waals surface area contributed by atoms with Crippen LogP contribution in [0, 0.1) is 0 Å². The Morgan fingerprint density at radius 2 is 0.833 bits per heavy atom. The van der Waals surface area contributed by atoms with Crippen LogP contribution in [-0.2, 0) is 0 Å². The summed E-state index contributed by atoms with van der Waals surface area (Å²) in [6, 6.07) is 80.8. The highest BCUT2D eigenvalue weighted by Gasteiger charge is 2.35. The summed E-state index contributed by atoms with van der Waals surface area (Å²) in [5.74, 6) is 0. The van der Waals surface area contributed by atoms with Crippen LogP contribution in [0.3, 0.4) is 0 Å². The number of fused-ring (bicyclic) bond motifs is 8. The summed E-state index contributed by atoms with van der Waals surface area (Å²) < 4.78 is 5.12. The lowest BCUT2D eigenvalue weighted by Crippen LogP contribution is -2.34. The van der Waals surface area contributed by atoms with Gasteiger partial charge in [0.05, 0.1) is 39.5 Å². The Morgan fingerprint density at radius 1 is 0.333 bits per heavy atom. The molecule has 66 heavy (non-hydrogen) atoms. The zero-order chi connectivity index (χ0) is 43.0. The van der Waals surface area contributed by atoms with Gasteiger partial charge in [0.25, 0.3) is 0 Å². The standard InChI is InChI=1S/C62H40N4/c1-3-17-41-37(14-1)16-11-23-42(41)38-30-32-40(33-31-38)65-53-28-12-24-48-45-20-6-7-21-46(45)49-25-13-29-54-58(49)60-56(35-34-55(65)59(60)57(48)53)66(54)62-61(63-51-26-9-10-27-52(51)64-62)50-36-39-15-2-4-18-43(39)44-19-5-8-22-47(44)50/h1-36,61-64H. The van der Waals surface area contributed by atoms with E-state index >= 15 is 0 Å². The summed E-state index contributed by atoms with van der Waals surface area (Å²) in [4.78, 5) is 0. The molecule has 1 aliphatic rings. The van der Waals surface area contributed by atoms with E-state index in [1.165, 1.54) is 114 Å². The first kappa shape index (κ1) is 35.8. The molecular formula is C62H40N4. The third kappa shape index (κ3) is 4.87. The first-order chi connectivity index (χ1) is 32.8. The van der Waals surface area contributed by atoms with Crippen molar-refractivity contribution >= 4 is 109 Å². The van der Waals surface area contributed by atoms with E-state index in [0.717, 1.165) is 17.1 Å². The number of rotatable bonds is 4. The van der Waals surface area contributed by atoms with E-state index in [2.05, 4.69) is 238 Å². The Balaban J connectivity index is 1.04. The molecule has 1 aliphatic heterocycles. The Labute approximate surface area is 379 Å². The molecular weight excluding hydrogens is 801 g/mol. The van der Waals surface area contributed by atoms with Crippen LogP contribution in [0.4, 0.5) is 11.4 Å². The summed E-state index contributed by atoms with van der Waals surface area (Å²) in [6.07, 6.45) is -0.192. The second-order valence-electron chi connectivity index (χ2n) is 18.1. The lowest BCUT2D eigenvalue weighted by Gasteiger charge is -2.38. The molecule has 14 aromatic rings. The van der Waals surface area contributed by atoms with Gasteiger partial charge in [-0.2, -0.15) is 0 Å². The molecule has 308 valence electrons. The Kier molecular flexibility index (Phi) is 7.30. The van der Waals surface area contributed by atoms with Crippen molar-refractivity contribution < 1.29 is 0 Å². The number of nitrogens with one attached hydrogen (secondary N) is 2. The van der Waals surface area contributed by atoms with E-state index < -0.39 is 0 Å². The number of benzene rings is 11. The number of aromatic nitrogens is 2. The Hall–Kier alpha value is -8.60. The zero-order valence-electron chi connectivity index (χ0n) is 35.8. The normalized spacial score (nSPS) is 15.2. The molecule has 2 N–H and O–H groups in total. The van der Waals surface area contributed by atoms with Crippen LogP contribution in [0.1, 0.15) is 17.8 Å². The molecule has 0 spiro atoms. The van der Waals surface area contributed by atoms with Gasteiger partial charge in [0.15, 0.2) is 0 Å². The van der Waals surface area contributed by atoms with Gasteiger partial charge in [-0.25, -0.2) is 0 Å². The van der Waals surface area contributed by atoms with Crippen LogP contribution in [0.15, 0.2) is 218 Å². The fourth-order valence-corrected chi connectivity index (χ4v) is 12.0. The molecule has 0 fully saturated rings. The summed E-state index contributed by atoms with van der Waals surface area (Å²) in [7, 11) is 0. The van der Waals surface area contributed by atoms with Gasteiger partial charge in [0.1, 0.15) is 6.17 Å². The average molecular weight is 841 g/mol. The third-order valence-electron chi connectivity index (χ3n) is 14.8. The fraction of sp³-hybridized carbons (Fsp3) is 0.0323. The molecule has 0 saturated heterocycles. The van der Waals surface area contributed by atoms with Crippen molar-refractivity contribution in [1.29, 1.82) is 0 Å². The first-order valence-corrected chi connectivity index (χ1v) is 23.0. The molecule has 4 nitrogen and oxygen atoms in total. The van der Waals surface area contributed by atoms with Crippen LogP contribution in [0.2, 0.25) is 0 Å². The maximum Gasteiger partial charge on any atom is 0.129 e. The van der Waals surface area contributed by atoms with Gasteiger partial charge in [-0.05, 0) is 125 Å². The number of anilines is 2. The average Bonchev–Trinajstić information content (AvgIpc) is 3.91. The quantitative estimate of drug-likeness (QED) is 0.173. The first-order valence-electron chi connectivity index (χ1n) is 23.0. The highest BCUT2D eigenvalue weighted by molar-refractivity contribution is 6.39. The second kappa shape index (κ2) is 13.5. The van der Waals surface area contributed by atoms with Crippen LogP contribution in [0.5, 0.6) is 0 Å². The topological polar surface area (TPSA) is 33.9 Å². The molecule has 0 radical (unpaired) electrons. The third-order valence-corrected chi connectivity index (χ3v) is 14.8. The maximum atomic E-state index is 4.16. The van der Waals surface area contributed by atoms with Gasteiger partial charge in [0.2, 0.25) is 0 Å². The highest BCUT2D eigenvalue weighted by atomic mass is 15.3. The van der Waals surface area contributed by atoms with Crippen molar-refractivity contribution in [3.05, 3.63) is 224 Å². The summed E-state index contributed by atoms with van der Waals surface area (Å²) >= 11 is 0. The van der Waals surface area contributed by atoms with Crippen LogP contribution in [0.25, 0.3) is 114 Å². The van der Waals surface area contributed by atoms with Crippen LogP contribution < -0.4 is 10.6 Å². The van der Waals surface area contributed by atoms with Gasteiger partial charge >= 0.3 is 0 Å². The van der Waals surface area contributed by atoms with Crippen molar-refractivity contribution in [2.75, 3.05) is 10.6 Å². The molecule has 2 aromatic heterocycles. The van der Waals surface area contributed by atoms with Crippen molar-refractivity contribution in [1.82, 2.24) is 9.13 Å². The predicted octanol–water partition coefficient (Wildman–Crippen LogP) is 16.5. The summed E-state index contributed by atoms with van der Waals surface area (Å²) in [6.45, 7) is 0. The molecule has 0 aliphatic carbocycles. The minimum atomic E-state index is -0.192. The summed E-state index contributed by atoms with van der Waals surface area (Å²) in [5.41, 5.74) is 11.9. The minimum absolute atomic E-state index is 0.123. The molecule has 0 amide bonds. The SMILES string of the molecule is c1ccc2c(c1)NC(c1cc3ccccc3c3ccccc13)C(n1c3cccc4c5ccccc5c5cccc6c5c5c(c43)c1ccc5n6-c1ccc(-c3cccc4ccccc34)cc1)N2. The minimum Gasteiger partial charge on any atom is -0.373 e. The lowest BCUT2D eigenvalue weighted by atomic mass is 9.91. The van der Waals surface area contributed by atoms with E-state index in [4.69, 9.17) is 0 Å². The Bertz CT molecular complexity index is 4300. The van der Waals surface area contributed by atoms with E-state index in [1.807, 2.05) is 0 Å². The zero-order valence-corrected chi connectivity index (χ0v) is 35.8. The van der Waals surface area contributed by atoms with Crippen molar-refractivity contribution in [3.63, 3.8) is 0 Å². The largest absolute Gasteiger partial charge is 0.373 e. The molecule has 2 atom stereocenters. The van der Waals surface area contributed by atoms with Gasteiger partial charge < -0.3 is 19.8 Å². The van der Waals surface area contributed by atoms with Crippen molar-refractivity contribution in [2.45, 2.75) is 12.2 Å². The predicted molar refractivity (Wildman–Crippen MR) is 280 cm³/mol. The second-order valence-corrected chi connectivity index (χ2v) is 18.1. The van der Waals surface area contributed by atoms with Gasteiger partial charge in [0, 0.05) is 27.2 Å². The highest BCUT2D eigenvalue weighted by Crippen LogP contribution is 2.51. The van der Waals surface area contributed by atoms with Gasteiger partial charge in [-0.3, -0.25) is 0 Å². The number of hydrogen-bond acceptors (Lipinski definition) is 2. The van der Waals surface area contributed by atoms with Crippen LogP contribution in [-0.4, -0.2) is 9.13 Å². The van der Waals surface area contributed by atoms with Gasteiger partial charge in [-0.15, -0.1) is 0 Å². The fourth-order valence-electron chi connectivity index (χ4n) is 12.0. The lowest BCUT2D eigenvalue weighted by molar-refractivity contribution is 0.509. The molecule has 4 heteroatoms. The Morgan fingerprint density at radius 3 is 1.59 bits per heavy atom. The van der Waals surface area contributed by atoms with E-state index in [-0.39, 0.29) is 12.2 Å². The molecule has 3 heterocycles. The number of hydrogen-bond donors (Lipinski definition) is 2. The van der Waals surface area contributed by atoms with Crippen molar-refractivity contribution in [2.24, 2.45) is 0 Å². The van der Waals surface area contributed by atoms with Crippen LogP contribution >= 0.6 is 0 Å². The molecule has 0 saturated carbocycles.